The summed E-state index contributed by atoms with van der Waals surface area (Å²) in [5.74, 6) is 0. The second-order valence-electron chi connectivity index (χ2n) is 2.76. The lowest BCUT2D eigenvalue weighted by molar-refractivity contribution is -0.137. The van der Waals surface area contributed by atoms with E-state index in [0.29, 0.717) is 6.20 Å². The van der Waals surface area contributed by atoms with Crippen LogP contribution in [-0.4, -0.2) is 10.1 Å². The smallest absolute Gasteiger partial charge is 0.387 e. The summed E-state index contributed by atoms with van der Waals surface area (Å²) in [7, 11) is 0. The van der Waals surface area contributed by atoms with Crippen molar-refractivity contribution in [3.05, 3.63) is 28.5 Å². The largest absolute Gasteiger partial charge is 0.417 e. The summed E-state index contributed by atoms with van der Waals surface area (Å²) in [5, 5.41) is 8.88. The molecule has 2 nitrogen and oxygen atoms in total. The van der Waals surface area contributed by atoms with Crippen LogP contribution in [0.5, 0.6) is 0 Å². The number of nitrogens with zero attached hydrogens (tertiary/aromatic N) is 1. The molecule has 1 heterocycles. The summed E-state index contributed by atoms with van der Waals surface area (Å²) in [6, 6.07) is 0.747. The molecule has 0 aromatic carbocycles. The molecule has 0 saturated heterocycles. The molecule has 0 bridgehead atoms. The number of aliphatic hydroxyl groups excluding tert-OH is 1. The van der Waals surface area contributed by atoms with Gasteiger partial charge < -0.3 is 5.11 Å². The van der Waals surface area contributed by atoms with E-state index in [-0.39, 0.29) is 10.7 Å². The van der Waals surface area contributed by atoms with Crippen LogP contribution in [0.15, 0.2) is 12.3 Å². The summed E-state index contributed by atoms with van der Waals surface area (Å²) in [5.41, 5.74) is -0.883. The maximum atomic E-state index is 12.1. The monoisotopic (exact) mass is 225 g/mol. The number of rotatable bonds is 1. The molecular weight excluding hydrogens is 219 g/mol. The minimum Gasteiger partial charge on any atom is -0.387 e. The summed E-state index contributed by atoms with van der Waals surface area (Å²) in [6.07, 6.45) is -4.80. The molecule has 0 aliphatic heterocycles. The van der Waals surface area contributed by atoms with Gasteiger partial charge in [0.15, 0.2) is 0 Å². The fraction of sp³-hybridized carbons (Fsp3) is 0.375. The van der Waals surface area contributed by atoms with Gasteiger partial charge in [0.05, 0.1) is 22.4 Å². The number of pyridine rings is 1. The molecule has 1 atom stereocenters. The predicted molar refractivity (Wildman–Crippen MR) is 44.9 cm³/mol. The Morgan fingerprint density at radius 3 is 2.43 bits per heavy atom. The zero-order valence-electron chi connectivity index (χ0n) is 7.14. The van der Waals surface area contributed by atoms with E-state index in [2.05, 4.69) is 4.98 Å². The topological polar surface area (TPSA) is 33.1 Å². The van der Waals surface area contributed by atoms with E-state index < -0.39 is 17.8 Å². The number of alkyl halides is 3. The maximum absolute atomic E-state index is 12.1. The van der Waals surface area contributed by atoms with E-state index in [0.717, 1.165) is 6.07 Å². The molecule has 0 radical (unpaired) electrons. The molecule has 0 spiro atoms. The van der Waals surface area contributed by atoms with Gasteiger partial charge in [0.25, 0.3) is 0 Å². The van der Waals surface area contributed by atoms with Crippen molar-refractivity contribution in [2.75, 3.05) is 0 Å². The van der Waals surface area contributed by atoms with Gasteiger partial charge in [-0.15, -0.1) is 0 Å². The van der Waals surface area contributed by atoms with Crippen LogP contribution in [0.4, 0.5) is 13.2 Å². The van der Waals surface area contributed by atoms with Gasteiger partial charge in [-0.25, -0.2) is 0 Å². The van der Waals surface area contributed by atoms with E-state index in [4.69, 9.17) is 16.7 Å². The summed E-state index contributed by atoms with van der Waals surface area (Å²) in [4.78, 5) is 3.44. The highest BCUT2D eigenvalue weighted by molar-refractivity contribution is 6.31. The van der Waals surface area contributed by atoms with Gasteiger partial charge in [-0.1, -0.05) is 11.6 Å². The zero-order chi connectivity index (χ0) is 10.9. The van der Waals surface area contributed by atoms with Crippen molar-refractivity contribution in [3.8, 4) is 0 Å². The Bertz CT molecular complexity index is 338. The lowest BCUT2D eigenvalue weighted by Crippen LogP contribution is -2.07. The third-order valence-electron chi connectivity index (χ3n) is 1.59. The van der Waals surface area contributed by atoms with Crippen molar-refractivity contribution in [1.82, 2.24) is 4.98 Å². The van der Waals surface area contributed by atoms with Gasteiger partial charge in [-0.2, -0.15) is 13.2 Å². The molecule has 0 unspecified atom stereocenters. The Hall–Kier alpha value is -0.810. The van der Waals surface area contributed by atoms with Crippen LogP contribution in [0.3, 0.4) is 0 Å². The second-order valence-corrected chi connectivity index (χ2v) is 3.17. The third-order valence-corrected chi connectivity index (χ3v) is 1.90. The minimum atomic E-state index is -4.46. The highest BCUT2D eigenvalue weighted by Gasteiger charge is 2.31. The molecule has 1 aromatic heterocycles. The van der Waals surface area contributed by atoms with E-state index in [9.17, 15) is 13.2 Å². The van der Waals surface area contributed by atoms with E-state index >= 15 is 0 Å². The normalized spacial score (nSPS) is 14.1. The number of aromatic nitrogens is 1. The Morgan fingerprint density at radius 1 is 1.50 bits per heavy atom. The first kappa shape index (κ1) is 11.3. The summed E-state index contributed by atoms with van der Waals surface area (Å²) >= 11 is 5.51. The van der Waals surface area contributed by atoms with E-state index in [1.807, 2.05) is 0 Å². The molecule has 1 rings (SSSR count). The molecular formula is C8H7ClF3NO. The first-order chi connectivity index (χ1) is 6.32. The van der Waals surface area contributed by atoms with Crippen LogP contribution in [0.25, 0.3) is 0 Å². The minimum absolute atomic E-state index is 0.0414. The Labute approximate surface area is 83.3 Å². The van der Waals surface area contributed by atoms with Gasteiger partial charge in [-0.3, -0.25) is 4.98 Å². The SMILES string of the molecule is C[C@@H](O)c1ncc(C(F)(F)F)cc1Cl. The van der Waals surface area contributed by atoms with Crippen molar-refractivity contribution in [3.63, 3.8) is 0 Å². The van der Waals surface area contributed by atoms with Crippen LogP contribution in [0.2, 0.25) is 5.02 Å². The van der Waals surface area contributed by atoms with Crippen molar-refractivity contribution in [2.45, 2.75) is 19.2 Å². The molecule has 0 aliphatic carbocycles. The zero-order valence-corrected chi connectivity index (χ0v) is 7.89. The number of aliphatic hydroxyl groups is 1. The summed E-state index contributed by atoms with van der Waals surface area (Å²) < 4.78 is 36.4. The average molecular weight is 226 g/mol. The lowest BCUT2D eigenvalue weighted by atomic mass is 10.2. The Kier molecular flexibility index (Phi) is 3.01. The second kappa shape index (κ2) is 3.74. The van der Waals surface area contributed by atoms with Crippen molar-refractivity contribution in [2.24, 2.45) is 0 Å². The van der Waals surface area contributed by atoms with Gasteiger partial charge in [0.1, 0.15) is 0 Å². The van der Waals surface area contributed by atoms with Gasteiger partial charge in [-0.05, 0) is 13.0 Å². The number of hydrogen-bond donors (Lipinski definition) is 1. The van der Waals surface area contributed by atoms with Gasteiger partial charge >= 0.3 is 6.18 Å². The van der Waals surface area contributed by atoms with Crippen molar-refractivity contribution in [1.29, 1.82) is 0 Å². The van der Waals surface area contributed by atoms with Crippen LogP contribution in [-0.2, 0) is 6.18 Å². The predicted octanol–water partition coefficient (Wildman–Crippen LogP) is 2.81. The molecule has 1 N–H and O–H groups in total. The fourth-order valence-corrected chi connectivity index (χ4v) is 1.24. The molecule has 78 valence electrons. The van der Waals surface area contributed by atoms with Crippen molar-refractivity contribution < 1.29 is 18.3 Å². The van der Waals surface area contributed by atoms with Crippen molar-refractivity contribution >= 4 is 11.6 Å². The quantitative estimate of drug-likeness (QED) is 0.797. The Balaban J connectivity index is 3.13. The van der Waals surface area contributed by atoms with Crippen LogP contribution in [0.1, 0.15) is 24.3 Å². The standard InChI is InChI=1S/C8H7ClF3NO/c1-4(14)7-6(9)2-5(3-13-7)8(10,11)12/h2-4,14H,1H3/t4-/m1/s1. The highest BCUT2D eigenvalue weighted by Crippen LogP contribution is 2.32. The Morgan fingerprint density at radius 2 is 2.07 bits per heavy atom. The molecule has 0 aliphatic rings. The maximum Gasteiger partial charge on any atom is 0.417 e. The molecule has 0 fully saturated rings. The summed E-state index contributed by atoms with van der Waals surface area (Å²) in [6.45, 7) is 1.38. The van der Waals surface area contributed by atoms with Crippen LogP contribution in [0, 0.1) is 0 Å². The third kappa shape index (κ3) is 2.36. The molecule has 14 heavy (non-hydrogen) atoms. The number of hydrogen-bond acceptors (Lipinski definition) is 2. The molecule has 6 heteroatoms. The number of halogens is 4. The van der Waals surface area contributed by atoms with Gasteiger partial charge in [0, 0.05) is 6.20 Å². The van der Waals surface area contributed by atoms with Gasteiger partial charge in [0.2, 0.25) is 0 Å². The molecule has 1 aromatic rings. The molecule has 0 saturated carbocycles. The average Bonchev–Trinajstić information content (AvgIpc) is 2.01. The van der Waals surface area contributed by atoms with E-state index in [1.54, 1.807) is 0 Å². The first-order valence-corrected chi connectivity index (χ1v) is 4.11. The molecule has 0 amide bonds. The lowest BCUT2D eigenvalue weighted by Gasteiger charge is -2.10. The fourth-order valence-electron chi connectivity index (χ4n) is 0.911. The highest BCUT2D eigenvalue weighted by atomic mass is 35.5. The van der Waals surface area contributed by atoms with Crippen LogP contribution < -0.4 is 0 Å². The van der Waals surface area contributed by atoms with Crippen LogP contribution >= 0.6 is 11.6 Å². The van der Waals surface area contributed by atoms with E-state index in [1.165, 1.54) is 6.92 Å². The first-order valence-electron chi connectivity index (χ1n) is 3.73.